The number of fused-ring (bicyclic) bond motifs is 2. The van der Waals surface area contributed by atoms with E-state index in [2.05, 4.69) is 34.0 Å². The molecule has 0 saturated heterocycles. The highest BCUT2D eigenvalue weighted by Gasteiger charge is 2.37. The Balaban J connectivity index is 1.66. The molecular weight excluding hydrogens is 717 g/mol. The zero-order valence-corrected chi connectivity index (χ0v) is 29.7. The number of hydrogen-bond donors (Lipinski definition) is 0. The molecule has 7 rings (SSSR count). The number of hydrogen-bond acceptors (Lipinski definition) is 8. The predicted molar refractivity (Wildman–Crippen MR) is 213 cm³/mol. The average molecular weight is 733 g/mol. The van der Waals surface area contributed by atoms with Gasteiger partial charge in [0, 0.05) is 22.3 Å². The summed E-state index contributed by atoms with van der Waals surface area (Å²) in [5, 5.41) is 81.6. The van der Waals surface area contributed by atoms with Crippen LogP contribution in [0.2, 0.25) is 0 Å². The van der Waals surface area contributed by atoms with Crippen LogP contribution in [-0.4, -0.2) is 0 Å². The summed E-state index contributed by atoms with van der Waals surface area (Å²) in [4.78, 5) is 7.41. The topological polar surface area (TPSA) is 199 Å². The summed E-state index contributed by atoms with van der Waals surface area (Å²) in [5.41, 5.74) is 5.68. The second kappa shape index (κ2) is 14.8. The highest BCUT2D eigenvalue weighted by Crippen LogP contribution is 2.56. The number of benzene rings is 5. The number of nitriles is 8. The third kappa shape index (κ3) is 5.86. The van der Waals surface area contributed by atoms with Crippen molar-refractivity contribution in [2.75, 3.05) is 0 Å². The van der Waals surface area contributed by atoms with Crippen molar-refractivity contribution in [3.8, 4) is 48.6 Å². The van der Waals surface area contributed by atoms with Gasteiger partial charge in [0.25, 0.3) is 0 Å². The Labute approximate surface area is 332 Å². The van der Waals surface area contributed by atoms with Crippen molar-refractivity contribution in [1.29, 1.82) is 42.1 Å². The SMILES string of the molecule is [C-]#[N+]/C(=C1/C(c2ccc(C#N)cc2)=C(C#N)c2cc3c(cc21)/C(=C(\C#N)c1cc(C#N)cc(C#N)c1)C(c1ccc([N+]#[C-])cc1)=C3C#N)c1cc(C#N)cc(C#N)c1. The van der Waals surface area contributed by atoms with E-state index in [1.807, 2.05) is 24.3 Å². The van der Waals surface area contributed by atoms with Crippen molar-refractivity contribution in [1.82, 2.24) is 0 Å². The normalized spacial score (nSPS) is 13.6. The van der Waals surface area contributed by atoms with Crippen molar-refractivity contribution in [2.45, 2.75) is 0 Å². The lowest BCUT2D eigenvalue weighted by atomic mass is 9.86. The van der Waals surface area contributed by atoms with E-state index in [4.69, 9.17) is 13.1 Å². The van der Waals surface area contributed by atoms with Crippen molar-refractivity contribution < 1.29 is 0 Å². The van der Waals surface area contributed by atoms with Gasteiger partial charge < -0.3 is 0 Å². The van der Waals surface area contributed by atoms with Crippen molar-refractivity contribution in [3.63, 3.8) is 0 Å². The molecule has 10 heteroatoms. The maximum atomic E-state index is 10.9. The minimum absolute atomic E-state index is 0.00671. The number of allylic oxidation sites excluding steroid dienone is 7. The Morgan fingerprint density at radius 1 is 0.431 bits per heavy atom. The minimum atomic E-state index is 0.00671. The molecule has 0 spiro atoms. The summed E-state index contributed by atoms with van der Waals surface area (Å²) in [6.07, 6.45) is 0. The van der Waals surface area contributed by atoms with E-state index in [-0.39, 0.29) is 66.9 Å². The number of rotatable bonds is 4. The molecule has 258 valence electrons. The predicted octanol–water partition coefficient (Wildman–Crippen LogP) is 9.71. The molecule has 5 aromatic rings. The zero-order chi connectivity index (χ0) is 41.1. The fraction of sp³-hybridized carbons (Fsp3) is 0. The van der Waals surface area contributed by atoms with E-state index in [1.54, 1.807) is 60.7 Å². The largest absolute Gasteiger partial charge is 0.238 e. The lowest BCUT2D eigenvalue weighted by Crippen LogP contribution is -1.97. The second-order valence-corrected chi connectivity index (χ2v) is 12.8. The van der Waals surface area contributed by atoms with Gasteiger partial charge in [0.05, 0.1) is 88.0 Å². The molecule has 0 fully saturated rings. The Morgan fingerprint density at radius 2 is 0.862 bits per heavy atom. The Hall–Kier alpha value is -10.0. The molecule has 2 aliphatic rings. The summed E-state index contributed by atoms with van der Waals surface area (Å²) in [6, 6.07) is 42.0. The third-order valence-electron chi connectivity index (χ3n) is 9.70. The Bertz CT molecular complexity index is 3020. The van der Waals surface area contributed by atoms with Gasteiger partial charge in [-0.3, -0.25) is 0 Å². The van der Waals surface area contributed by atoms with Gasteiger partial charge in [-0.25, -0.2) is 9.69 Å². The van der Waals surface area contributed by atoms with Crippen LogP contribution in [0.5, 0.6) is 0 Å². The van der Waals surface area contributed by atoms with Gasteiger partial charge in [-0.2, -0.15) is 42.1 Å². The van der Waals surface area contributed by atoms with E-state index >= 15 is 0 Å². The molecule has 0 radical (unpaired) electrons. The van der Waals surface area contributed by atoms with Crippen LogP contribution in [0.1, 0.15) is 72.3 Å². The third-order valence-corrected chi connectivity index (χ3v) is 9.70. The van der Waals surface area contributed by atoms with Crippen LogP contribution in [0.4, 0.5) is 5.69 Å². The quantitative estimate of drug-likeness (QED) is 0.128. The molecule has 10 nitrogen and oxygen atoms in total. The zero-order valence-electron chi connectivity index (χ0n) is 29.7. The molecule has 0 aliphatic heterocycles. The first-order chi connectivity index (χ1) is 28.3. The minimum Gasteiger partial charge on any atom is -0.238 e. The van der Waals surface area contributed by atoms with E-state index in [0.717, 1.165) is 0 Å². The van der Waals surface area contributed by atoms with Crippen LogP contribution >= 0.6 is 0 Å². The summed E-state index contributed by atoms with van der Waals surface area (Å²) < 4.78 is 0. The van der Waals surface area contributed by atoms with Crippen LogP contribution in [0, 0.1) is 104 Å². The maximum absolute atomic E-state index is 10.9. The van der Waals surface area contributed by atoms with Crippen LogP contribution < -0.4 is 0 Å². The van der Waals surface area contributed by atoms with Gasteiger partial charge in [0.1, 0.15) is 18.2 Å². The van der Waals surface area contributed by atoms with E-state index in [0.29, 0.717) is 55.8 Å². The average Bonchev–Trinajstić information content (AvgIpc) is 3.77. The van der Waals surface area contributed by atoms with Crippen LogP contribution in [0.25, 0.3) is 54.4 Å². The molecule has 0 amide bonds. The van der Waals surface area contributed by atoms with Crippen molar-refractivity contribution >= 4 is 50.4 Å². The highest BCUT2D eigenvalue weighted by molar-refractivity contribution is 6.34. The summed E-state index contributed by atoms with van der Waals surface area (Å²) in [7, 11) is 0. The summed E-state index contributed by atoms with van der Waals surface area (Å²) >= 11 is 0. The standard InChI is InChI=1S/C48H16N10/c1-57-36-9-7-33(8-10-36)44-42(25-55)37-17-38-40(18-39(37)46(44)41(24-54)34-13-28(20-50)11-29(14-34)21-51)47(45(43(38)26-56)32-5-3-27(19-49)4-6-32)48(58-2)35-15-30(22-52)12-31(16-35)23-53/h3-18H/b46-41-,48-47+. The Morgan fingerprint density at radius 3 is 1.29 bits per heavy atom. The monoisotopic (exact) mass is 732 g/mol. The summed E-state index contributed by atoms with van der Waals surface area (Å²) in [6.45, 7) is 16.0. The molecule has 2 aliphatic carbocycles. The van der Waals surface area contributed by atoms with Crippen LogP contribution in [-0.2, 0) is 0 Å². The van der Waals surface area contributed by atoms with Crippen LogP contribution in [0.3, 0.4) is 0 Å². The molecule has 0 N–H and O–H groups in total. The molecular formula is C48H16N10. The molecule has 0 saturated carbocycles. The number of nitrogens with zero attached hydrogens (tertiary/aromatic N) is 10. The first-order valence-corrected chi connectivity index (χ1v) is 16.9. The molecule has 0 atom stereocenters. The lowest BCUT2D eigenvalue weighted by molar-refractivity contribution is 1.43. The molecule has 0 bridgehead atoms. The maximum Gasteiger partial charge on any atom is 0.202 e. The molecule has 5 aromatic carbocycles. The fourth-order valence-electron chi connectivity index (χ4n) is 7.27. The van der Waals surface area contributed by atoms with Crippen molar-refractivity contribution in [3.05, 3.63) is 192 Å². The summed E-state index contributed by atoms with van der Waals surface area (Å²) in [5.74, 6) is 0. The van der Waals surface area contributed by atoms with Gasteiger partial charge in [0.2, 0.25) is 5.70 Å². The van der Waals surface area contributed by atoms with Gasteiger partial charge in [0.15, 0.2) is 5.69 Å². The van der Waals surface area contributed by atoms with Gasteiger partial charge in [-0.15, -0.1) is 0 Å². The second-order valence-electron chi connectivity index (χ2n) is 12.8. The molecule has 58 heavy (non-hydrogen) atoms. The Kier molecular flexibility index (Phi) is 9.25. The van der Waals surface area contributed by atoms with Gasteiger partial charge in [-0.05, 0) is 105 Å². The molecule has 0 heterocycles. The molecule has 0 aromatic heterocycles. The van der Waals surface area contributed by atoms with E-state index in [9.17, 15) is 42.1 Å². The van der Waals surface area contributed by atoms with E-state index in [1.165, 1.54) is 36.4 Å². The van der Waals surface area contributed by atoms with Crippen molar-refractivity contribution in [2.24, 2.45) is 0 Å². The lowest BCUT2D eigenvalue weighted by Gasteiger charge is -2.15. The first-order valence-electron chi connectivity index (χ1n) is 16.9. The molecule has 0 unspecified atom stereocenters. The van der Waals surface area contributed by atoms with Gasteiger partial charge in [-0.1, -0.05) is 36.4 Å². The highest BCUT2D eigenvalue weighted by atomic mass is 14.7. The van der Waals surface area contributed by atoms with Gasteiger partial charge >= 0.3 is 0 Å². The first kappa shape index (κ1) is 36.3. The van der Waals surface area contributed by atoms with Crippen LogP contribution in [0.15, 0.2) is 97.1 Å². The smallest absolute Gasteiger partial charge is 0.202 e. The fourth-order valence-corrected chi connectivity index (χ4v) is 7.27. The van der Waals surface area contributed by atoms with E-state index < -0.39 is 0 Å².